The van der Waals surface area contributed by atoms with Crippen LogP contribution in [0.5, 0.6) is 0 Å². The fraction of sp³-hybridized carbons (Fsp3) is 0.154. The van der Waals surface area contributed by atoms with Gasteiger partial charge in [0.2, 0.25) is 0 Å². The van der Waals surface area contributed by atoms with E-state index in [9.17, 15) is 22.8 Å². The normalized spacial score (nSPS) is 11.2. The molecule has 0 spiro atoms. The lowest BCUT2D eigenvalue weighted by Crippen LogP contribution is -2.15. The second-order valence-electron chi connectivity index (χ2n) is 4.32. The summed E-state index contributed by atoms with van der Waals surface area (Å²) >= 11 is 0. The third-order valence-corrected chi connectivity index (χ3v) is 2.62. The predicted molar refractivity (Wildman–Crippen MR) is 69.3 cm³/mol. The second kappa shape index (κ2) is 5.88. The molecule has 1 aromatic heterocycles. The van der Waals surface area contributed by atoms with Gasteiger partial charge in [0.1, 0.15) is 6.54 Å². The minimum Gasteiger partial charge on any atom is -0.480 e. The van der Waals surface area contributed by atoms with Crippen molar-refractivity contribution in [1.82, 2.24) is 9.78 Å². The summed E-state index contributed by atoms with van der Waals surface area (Å²) in [6, 6.07) is 5.43. The van der Waals surface area contributed by atoms with Crippen LogP contribution >= 0.6 is 0 Å². The Hall–Kier alpha value is -2.84. The molecular weight excluding hydrogens is 303 g/mol. The average molecular weight is 313 g/mol. The average Bonchev–Trinajstić information content (AvgIpc) is 2.86. The number of hydrogen-bond acceptors (Lipinski definition) is 3. The number of alkyl halides is 3. The molecule has 1 aromatic carbocycles. The number of benzene rings is 1. The van der Waals surface area contributed by atoms with Crippen LogP contribution in [0.4, 0.5) is 18.9 Å². The summed E-state index contributed by atoms with van der Waals surface area (Å²) in [5.41, 5.74) is -1.02. The topological polar surface area (TPSA) is 84.2 Å². The van der Waals surface area contributed by atoms with Gasteiger partial charge in [-0.3, -0.25) is 14.3 Å². The lowest BCUT2D eigenvalue weighted by atomic mass is 10.2. The maximum absolute atomic E-state index is 12.6. The van der Waals surface area contributed by atoms with E-state index in [1.54, 1.807) is 0 Å². The third-order valence-electron chi connectivity index (χ3n) is 2.62. The minimum absolute atomic E-state index is 0.0346. The molecule has 2 rings (SSSR count). The Bertz CT molecular complexity index is 710. The van der Waals surface area contributed by atoms with Crippen molar-refractivity contribution < 1.29 is 27.9 Å². The van der Waals surface area contributed by atoms with E-state index in [0.29, 0.717) is 0 Å². The van der Waals surface area contributed by atoms with Crippen LogP contribution in [-0.2, 0) is 17.5 Å². The molecule has 0 bridgehead atoms. The minimum atomic E-state index is -4.51. The molecule has 22 heavy (non-hydrogen) atoms. The van der Waals surface area contributed by atoms with Gasteiger partial charge >= 0.3 is 12.1 Å². The Labute approximate surface area is 122 Å². The number of aromatic nitrogens is 2. The van der Waals surface area contributed by atoms with Gasteiger partial charge in [0.15, 0.2) is 5.69 Å². The zero-order valence-corrected chi connectivity index (χ0v) is 11.0. The summed E-state index contributed by atoms with van der Waals surface area (Å²) in [6.07, 6.45) is -3.22. The van der Waals surface area contributed by atoms with Crippen molar-refractivity contribution >= 4 is 17.6 Å². The molecule has 2 N–H and O–H groups in total. The first-order valence-electron chi connectivity index (χ1n) is 5.99. The Morgan fingerprint density at radius 3 is 2.64 bits per heavy atom. The molecule has 0 saturated carbocycles. The van der Waals surface area contributed by atoms with E-state index in [1.807, 2.05) is 0 Å². The van der Waals surface area contributed by atoms with Gasteiger partial charge in [-0.25, -0.2) is 0 Å². The zero-order chi connectivity index (χ0) is 16.3. The number of hydrogen-bond donors (Lipinski definition) is 2. The summed E-state index contributed by atoms with van der Waals surface area (Å²) in [7, 11) is 0. The van der Waals surface area contributed by atoms with Crippen LogP contribution in [-0.4, -0.2) is 26.8 Å². The summed E-state index contributed by atoms with van der Waals surface area (Å²) in [6.45, 7) is -0.420. The molecule has 1 amide bonds. The molecule has 0 unspecified atom stereocenters. The van der Waals surface area contributed by atoms with Crippen molar-refractivity contribution in [3.63, 3.8) is 0 Å². The van der Waals surface area contributed by atoms with Crippen LogP contribution in [0.3, 0.4) is 0 Å². The first-order chi connectivity index (χ1) is 10.3. The SMILES string of the molecule is O=C(O)Cn1ccc(C(=O)Nc2cccc(C(F)(F)F)c2)n1. The van der Waals surface area contributed by atoms with Crippen LogP contribution in [0.1, 0.15) is 16.1 Å². The number of halogens is 3. The standard InChI is InChI=1S/C13H10F3N3O3/c14-13(15,16)8-2-1-3-9(6-8)17-12(22)10-4-5-19(18-10)7-11(20)21/h1-6H,7H2,(H,17,22)(H,20,21). The fourth-order valence-corrected chi connectivity index (χ4v) is 1.68. The quantitative estimate of drug-likeness (QED) is 0.906. The molecule has 0 aliphatic rings. The van der Waals surface area contributed by atoms with Gasteiger partial charge in [-0.15, -0.1) is 0 Å². The molecule has 1 heterocycles. The number of rotatable bonds is 4. The van der Waals surface area contributed by atoms with Crippen LogP contribution in [0.15, 0.2) is 36.5 Å². The molecule has 9 heteroatoms. The highest BCUT2D eigenvalue weighted by atomic mass is 19.4. The molecule has 0 aliphatic heterocycles. The lowest BCUT2D eigenvalue weighted by molar-refractivity contribution is -0.138. The van der Waals surface area contributed by atoms with Crippen molar-refractivity contribution in [2.24, 2.45) is 0 Å². The molecular formula is C13H10F3N3O3. The van der Waals surface area contributed by atoms with Gasteiger partial charge in [0.25, 0.3) is 5.91 Å². The maximum Gasteiger partial charge on any atom is 0.416 e. The van der Waals surface area contributed by atoms with Crippen LogP contribution in [0.25, 0.3) is 0 Å². The number of anilines is 1. The fourth-order valence-electron chi connectivity index (χ4n) is 1.68. The van der Waals surface area contributed by atoms with Gasteiger partial charge in [-0.1, -0.05) is 6.07 Å². The Morgan fingerprint density at radius 2 is 2.00 bits per heavy atom. The Balaban J connectivity index is 2.12. The number of amides is 1. The number of nitrogens with one attached hydrogen (secondary N) is 1. The first kappa shape index (κ1) is 15.5. The third kappa shape index (κ3) is 3.84. The smallest absolute Gasteiger partial charge is 0.416 e. The largest absolute Gasteiger partial charge is 0.480 e. The van der Waals surface area contributed by atoms with Crippen molar-refractivity contribution in [2.75, 3.05) is 5.32 Å². The number of carbonyl (C=O) groups excluding carboxylic acids is 1. The molecule has 2 aromatic rings. The van der Waals surface area contributed by atoms with Gasteiger partial charge in [-0.05, 0) is 24.3 Å². The van der Waals surface area contributed by atoms with Gasteiger partial charge < -0.3 is 10.4 Å². The number of aliphatic carboxylic acids is 1. The van der Waals surface area contributed by atoms with E-state index < -0.39 is 30.2 Å². The summed E-state index contributed by atoms with van der Waals surface area (Å²) < 4.78 is 38.7. The number of carbonyl (C=O) groups is 2. The van der Waals surface area contributed by atoms with Gasteiger partial charge in [0, 0.05) is 11.9 Å². The highest BCUT2D eigenvalue weighted by molar-refractivity contribution is 6.02. The first-order valence-corrected chi connectivity index (χ1v) is 5.99. The Kier molecular flexibility index (Phi) is 4.15. The van der Waals surface area contributed by atoms with Crippen LogP contribution in [0, 0.1) is 0 Å². The summed E-state index contributed by atoms with van der Waals surface area (Å²) in [5, 5.41) is 14.6. The molecule has 0 fully saturated rings. The molecule has 116 valence electrons. The van der Waals surface area contributed by atoms with Gasteiger partial charge in [0.05, 0.1) is 5.56 Å². The van der Waals surface area contributed by atoms with E-state index in [1.165, 1.54) is 24.4 Å². The van der Waals surface area contributed by atoms with Crippen LogP contribution in [0.2, 0.25) is 0 Å². The van der Waals surface area contributed by atoms with Crippen molar-refractivity contribution in [3.8, 4) is 0 Å². The summed E-state index contributed by atoms with van der Waals surface area (Å²) in [5.74, 6) is -1.86. The van der Waals surface area contributed by atoms with Crippen molar-refractivity contribution in [1.29, 1.82) is 0 Å². The summed E-state index contributed by atoms with van der Waals surface area (Å²) in [4.78, 5) is 22.4. The highest BCUT2D eigenvalue weighted by Crippen LogP contribution is 2.30. The second-order valence-corrected chi connectivity index (χ2v) is 4.32. The number of nitrogens with zero attached hydrogens (tertiary/aromatic N) is 2. The molecule has 0 saturated heterocycles. The predicted octanol–water partition coefficient (Wildman–Crippen LogP) is 2.24. The molecule has 0 aliphatic carbocycles. The number of carboxylic acids is 1. The Morgan fingerprint density at radius 1 is 1.27 bits per heavy atom. The van der Waals surface area contributed by atoms with Crippen molar-refractivity contribution in [3.05, 3.63) is 47.8 Å². The molecule has 6 nitrogen and oxygen atoms in total. The van der Waals surface area contributed by atoms with E-state index >= 15 is 0 Å². The van der Waals surface area contributed by atoms with E-state index in [0.717, 1.165) is 16.8 Å². The maximum atomic E-state index is 12.6. The number of carboxylic acid groups (broad SMARTS) is 1. The molecule has 0 atom stereocenters. The van der Waals surface area contributed by atoms with E-state index in [-0.39, 0.29) is 11.4 Å². The molecule has 0 radical (unpaired) electrons. The zero-order valence-electron chi connectivity index (χ0n) is 11.0. The lowest BCUT2D eigenvalue weighted by Gasteiger charge is -2.09. The van der Waals surface area contributed by atoms with Gasteiger partial charge in [-0.2, -0.15) is 18.3 Å². The van der Waals surface area contributed by atoms with E-state index in [4.69, 9.17) is 5.11 Å². The van der Waals surface area contributed by atoms with Crippen LogP contribution < -0.4 is 5.32 Å². The highest BCUT2D eigenvalue weighted by Gasteiger charge is 2.30. The van der Waals surface area contributed by atoms with Crippen molar-refractivity contribution in [2.45, 2.75) is 12.7 Å². The monoisotopic (exact) mass is 313 g/mol. The van der Waals surface area contributed by atoms with E-state index in [2.05, 4.69) is 10.4 Å².